The number of carbonyl (C=O) groups excluding carboxylic acids is 2. The largest absolute Gasteiger partial charge is 0.369 e. The molecule has 0 aliphatic heterocycles. The normalized spacial score (nSPS) is 10.7. The van der Waals surface area contributed by atoms with Gasteiger partial charge in [0, 0.05) is 0 Å². The molecule has 0 bridgehead atoms. The van der Waals surface area contributed by atoms with Crippen LogP contribution in [0.3, 0.4) is 0 Å². The lowest BCUT2D eigenvalue weighted by Gasteiger charge is -2.04. The summed E-state index contributed by atoms with van der Waals surface area (Å²) in [5, 5.41) is 0. The van der Waals surface area contributed by atoms with Gasteiger partial charge in [0.15, 0.2) is 0 Å². The third-order valence-corrected chi connectivity index (χ3v) is 1.29. The van der Waals surface area contributed by atoms with Gasteiger partial charge in [0.25, 0.3) is 0 Å². The molecule has 0 fully saturated rings. The van der Waals surface area contributed by atoms with E-state index in [-0.39, 0.29) is 0 Å². The zero-order valence-electron chi connectivity index (χ0n) is 6.41. The number of amides is 2. The van der Waals surface area contributed by atoms with Crippen LogP contribution < -0.4 is 11.5 Å². The first-order valence-electron chi connectivity index (χ1n) is 3.29. The van der Waals surface area contributed by atoms with Gasteiger partial charge >= 0.3 is 0 Å². The summed E-state index contributed by atoms with van der Waals surface area (Å²) in [6, 6.07) is 0. The third-order valence-electron chi connectivity index (χ3n) is 1.29. The van der Waals surface area contributed by atoms with Gasteiger partial charge in [0.1, 0.15) is 5.92 Å². The van der Waals surface area contributed by atoms with E-state index in [2.05, 4.69) is 0 Å². The molecule has 0 unspecified atom stereocenters. The Morgan fingerprint density at radius 3 is 2.09 bits per heavy atom. The molecule has 0 atom stereocenters. The van der Waals surface area contributed by atoms with Gasteiger partial charge in [0.2, 0.25) is 11.8 Å². The highest BCUT2D eigenvalue weighted by Crippen LogP contribution is 2.01. The Morgan fingerprint density at radius 2 is 1.82 bits per heavy atom. The fourth-order valence-electron chi connectivity index (χ4n) is 0.645. The number of primary amides is 2. The Labute approximate surface area is 65.2 Å². The van der Waals surface area contributed by atoms with E-state index in [0.717, 1.165) is 0 Å². The molecule has 0 aliphatic rings. The van der Waals surface area contributed by atoms with Gasteiger partial charge in [-0.1, -0.05) is 12.2 Å². The quantitative estimate of drug-likeness (QED) is 0.426. The van der Waals surface area contributed by atoms with Crippen LogP contribution in [0.25, 0.3) is 0 Å². The molecule has 2 amide bonds. The van der Waals surface area contributed by atoms with Crippen molar-refractivity contribution in [1.29, 1.82) is 0 Å². The fourth-order valence-corrected chi connectivity index (χ4v) is 0.645. The van der Waals surface area contributed by atoms with E-state index >= 15 is 0 Å². The predicted molar refractivity (Wildman–Crippen MR) is 41.3 cm³/mol. The van der Waals surface area contributed by atoms with Crippen molar-refractivity contribution in [3.63, 3.8) is 0 Å². The van der Waals surface area contributed by atoms with E-state index in [4.69, 9.17) is 11.5 Å². The van der Waals surface area contributed by atoms with Crippen LogP contribution in [-0.2, 0) is 9.59 Å². The maximum absolute atomic E-state index is 10.5. The average Bonchev–Trinajstić information content (AvgIpc) is 1.87. The maximum atomic E-state index is 10.5. The Hall–Kier alpha value is -1.32. The molecule has 4 N–H and O–H groups in total. The highest BCUT2D eigenvalue weighted by atomic mass is 16.2. The second kappa shape index (κ2) is 4.49. The summed E-state index contributed by atoms with van der Waals surface area (Å²) in [7, 11) is 0. The van der Waals surface area contributed by atoms with Crippen molar-refractivity contribution in [2.24, 2.45) is 17.4 Å². The van der Waals surface area contributed by atoms with Crippen LogP contribution in [0.15, 0.2) is 12.2 Å². The number of allylic oxidation sites excluding steroid dienone is 2. The Bertz CT molecular complexity index is 173. The molecule has 0 aromatic rings. The molecule has 0 aliphatic carbocycles. The first kappa shape index (κ1) is 9.68. The molecule has 0 rings (SSSR count). The molecule has 0 heterocycles. The van der Waals surface area contributed by atoms with Gasteiger partial charge in [-0.25, -0.2) is 0 Å². The molecular weight excluding hydrogens is 144 g/mol. The van der Waals surface area contributed by atoms with E-state index in [1.54, 1.807) is 19.1 Å². The van der Waals surface area contributed by atoms with Crippen LogP contribution >= 0.6 is 0 Å². The lowest BCUT2D eigenvalue weighted by Crippen LogP contribution is -2.34. The zero-order valence-corrected chi connectivity index (χ0v) is 6.41. The zero-order chi connectivity index (χ0) is 8.85. The third kappa shape index (κ3) is 3.40. The minimum atomic E-state index is -0.869. The van der Waals surface area contributed by atoms with E-state index in [1.807, 2.05) is 0 Å². The van der Waals surface area contributed by atoms with E-state index in [9.17, 15) is 9.59 Å². The predicted octanol–water partition coefficient (Wildman–Crippen LogP) is -0.461. The van der Waals surface area contributed by atoms with Crippen LogP contribution in [0.5, 0.6) is 0 Å². The number of carbonyl (C=O) groups is 2. The lowest BCUT2D eigenvalue weighted by molar-refractivity contribution is -0.131. The number of hydrogen-bond acceptors (Lipinski definition) is 2. The molecule has 0 aromatic carbocycles. The molecule has 4 nitrogen and oxygen atoms in total. The van der Waals surface area contributed by atoms with Crippen molar-refractivity contribution in [2.75, 3.05) is 0 Å². The Kier molecular flexibility index (Phi) is 3.95. The molecular formula is C7H12N2O2. The summed E-state index contributed by atoms with van der Waals surface area (Å²) in [6.07, 6.45) is 3.71. The minimum absolute atomic E-state index is 0.293. The second-order valence-corrected chi connectivity index (χ2v) is 2.16. The highest BCUT2D eigenvalue weighted by molar-refractivity contribution is 5.98. The SMILES string of the molecule is C/C=C/CC(C(N)=O)C(N)=O. The number of rotatable bonds is 4. The van der Waals surface area contributed by atoms with Crippen LogP contribution in [0.2, 0.25) is 0 Å². The summed E-state index contributed by atoms with van der Waals surface area (Å²) < 4.78 is 0. The topological polar surface area (TPSA) is 86.2 Å². The molecule has 4 heteroatoms. The summed E-state index contributed by atoms with van der Waals surface area (Å²) in [4.78, 5) is 21.1. The molecule has 0 radical (unpaired) electrons. The monoisotopic (exact) mass is 156 g/mol. The lowest BCUT2D eigenvalue weighted by atomic mass is 10.0. The molecule has 0 saturated carbocycles. The highest BCUT2D eigenvalue weighted by Gasteiger charge is 2.19. The van der Waals surface area contributed by atoms with Gasteiger partial charge in [-0.3, -0.25) is 9.59 Å². The van der Waals surface area contributed by atoms with E-state index < -0.39 is 17.7 Å². The van der Waals surface area contributed by atoms with Crippen LogP contribution in [0.1, 0.15) is 13.3 Å². The van der Waals surface area contributed by atoms with Gasteiger partial charge < -0.3 is 11.5 Å². The van der Waals surface area contributed by atoms with Gasteiger partial charge in [-0.2, -0.15) is 0 Å². The van der Waals surface area contributed by atoms with Gasteiger partial charge in [0.05, 0.1) is 0 Å². The molecule has 0 aromatic heterocycles. The fraction of sp³-hybridized carbons (Fsp3) is 0.429. The van der Waals surface area contributed by atoms with Crippen molar-refractivity contribution in [1.82, 2.24) is 0 Å². The molecule has 0 saturated heterocycles. The van der Waals surface area contributed by atoms with Crippen LogP contribution in [0, 0.1) is 5.92 Å². The summed E-state index contributed by atoms with van der Waals surface area (Å²) in [5.74, 6) is -2.21. The number of nitrogens with two attached hydrogens (primary N) is 2. The standard InChI is InChI=1S/C7H12N2O2/c1-2-3-4-5(6(8)10)7(9)11/h2-3,5H,4H2,1H3,(H2,8,10)(H2,9,11)/b3-2+. The molecule has 11 heavy (non-hydrogen) atoms. The van der Waals surface area contributed by atoms with Gasteiger partial charge in [-0.05, 0) is 13.3 Å². The van der Waals surface area contributed by atoms with Crippen molar-refractivity contribution >= 4 is 11.8 Å². The van der Waals surface area contributed by atoms with Crippen molar-refractivity contribution in [3.8, 4) is 0 Å². The first-order valence-corrected chi connectivity index (χ1v) is 3.29. The Morgan fingerprint density at radius 1 is 1.36 bits per heavy atom. The Balaban J connectivity index is 4.12. The van der Waals surface area contributed by atoms with Crippen molar-refractivity contribution in [3.05, 3.63) is 12.2 Å². The molecule has 0 spiro atoms. The summed E-state index contributed by atoms with van der Waals surface area (Å²) >= 11 is 0. The maximum Gasteiger partial charge on any atom is 0.230 e. The second-order valence-electron chi connectivity index (χ2n) is 2.16. The average molecular weight is 156 g/mol. The van der Waals surface area contributed by atoms with Gasteiger partial charge in [-0.15, -0.1) is 0 Å². The summed E-state index contributed by atoms with van der Waals surface area (Å²) in [5.41, 5.74) is 9.81. The van der Waals surface area contributed by atoms with Crippen molar-refractivity contribution < 1.29 is 9.59 Å². The van der Waals surface area contributed by atoms with Crippen LogP contribution in [0.4, 0.5) is 0 Å². The van der Waals surface area contributed by atoms with Crippen LogP contribution in [-0.4, -0.2) is 11.8 Å². The molecule has 62 valence electrons. The van der Waals surface area contributed by atoms with Crippen molar-refractivity contribution in [2.45, 2.75) is 13.3 Å². The van der Waals surface area contributed by atoms with E-state index in [0.29, 0.717) is 6.42 Å². The smallest absolute Gasteiger partial charge is 0.230 e. The number of hydrogen-bond donors (Lipinski definition) is 2. The minimum Gasteiger partial charge on any atom is -0.369 e. The van der Waals surface area contributed by atoms with E-state index in [1.165, 1.54) is 0 Å². The first-order chi connectivity index (χ1) is 5.09. The summed E-state index contributed by atoms with van der Waals surface area (Å²) in [6.45, 7) is 1.79.